The summed E-state index contributed by atoms with van der Waals surface area (Å²) in [6.07, 6.45) is 0. The van der Waals surface area contributed by atoms with Crippen molar-refractivity contribution < 1.29 is 4.74 Å². The van der Waals surface area contributed by atoms with Gasteiger partial charge in [0.2, 0.25) is 0 Å². The molecule has 0 amide bonds. The van der Waals surface area contributed by atoms with Crippen molar-refractivity contribution >= 4 is 21.6 Å². The molecule has 102 valence electrons. The SMILES string of the molecule is CCN(c1cc(Br)ccc1CNC)C(C)COC. The summed E-state index contributed by atoms with van der Waals surface area (Å²) in [6, 6.07) is 6.80. The molecule has 1 atom stereocenters. The van der Waals surface area contributed by atoms with Gasteiger partial charge in [-0.2, -0.15) is 0 Å². The Morgan fingerprint density at radius 3 is 2.72 bits per heavy atom. The average molecular weight is 315 g/mol. The number of ether oxygens (including phenoxy) is 1. The number of nitrogens with one attached hydrogen (secondary N) is 1. The molecule has 4 heteroatoms. The molecular weight excluding hydrogens is 292 g/mol. The highest BCUT2D eigenvalue weighted by Crippen LogP contribution is 2.26. The highest BCUT2D eigenvalue weighted by molar-refractivity contribution is 9.10. The van der Waals surface area contributed by atoms with Gasteiger partial charge >= 0.3 is 0 Å². The third-order valence-corrected chi connectivity index (χ3v) is 3.50. The zero-order chi connectivity index (χ0) is 13.5. The number of hydrogen-bond donors (Lipinski definition) is 1. The predicted octanol–water partition coefficient (Wildman–Crippen LogP) is 3.03. The molecule has 1 aromatic rings. The molecule has 3 nitrogen and oxygen atoms in total. The highest BCUT2D eigenvalue weighted by atomic mass is 79.9. The van der Waals surface area contributed by atoms with Crippen LogP contribution in [0.4, 0.5) is 5.69 Å². The molecular formula is C14H23BrN2O. The number of nitrogens with zero attached hydrogens (tertiary/aromatic N) is 1. The first-order chi connectivity index (χ1) is 8.63. The predicted molar refractivity (Wildman–Crippen MR) is 81.3 cm³/mol. The Morgan fingerprint density at radius 2 is 2.17 bits per heavy atom. The van der Waals surface area contributed by atoms with Crippen LogP contribution in [0.1, 0.15) is 19.4 Å². The summed E-state index contributed by atoms with van der Waals surface area (Å²) in [4.78, 5) is 2.38. The lowest BCUT2D eigenvalue weighted by Gasteiger charge is -2.31. The molecule has 0 aliphatic rings. The van der Waals surface area contributed by atoms with Crippen LogP contribution in [0.5, 0.6) is 0 Å². The van der Waals surface area contributed by atoms with Gasteiger partial charge < -0.3 is 15.0 Å². The smallest absolute Gasteiger partial charge is 0.0663 e. The van der Waals surface area contributed by atoms with Crippen molar-refractivity contribution in [1.82, 2.24) is 5.32 Å². The Bertz CT molecular complexity index is 371. The third-order valence-electron chi connectivity index (χ3n) is 3.00. The van der Waals surface area contributed by atoms with Gasteiger partial charge in [0, 0.05) is 36.4 Å². The molecule has 1 rings (SSSR count). The second-order valence-corrected chi connectivity index (χ2v) is 5.31. The molecule has 1 unspecified atom stereocenters. The Morgan fingerprint density at radius 1 is 1.44 bits per heavy atom. The molecule has 0 heterocycles. The Kier molecular flexibility index (Phi) is 6.68. The van der Waals surface area contributed by atoms with Crippen molar-refractivity contribution in [3.63, 3.8) is 0 Å². The molecule has 0 saturated carbocycles. The fraction of sp³-hybridized carbons (Fsp3) is 0.571. The topological polar surface area (TPSA) is 24.5 Å². The Labute approximate surface area is 119 Å². The van der Waals surface area contributed by atoms with Gasteiger partial charge in [0.25, 0.3) is 0 Å². The van der Waals surface area contributed by atoms with E-state index >= 15 is 0 Å². The molecule has 1 aromatic carbocycles. The first-order valence-electron chi connectivity index (χ1n) is 6.32. The fourth-order valence-electron chi connectivity index (χ4n) is 2.19. The minimum absolute atomic E-state index is 0.366. The van der Waals surface area contributed by atoms with Crippen molar-refractivity contribution in [1.29, 1.82) is 0 Å². The van der Waals surface area contributed by atoms with E-state index in [9.17, 15) is 0 Å². The summed E-state index contributed by atoms with van der Waals surface area (Å²) in [5.41, 5.74) is 2.58. The second-order valence-electron chi connectivity index (χ2n) is 4.39. The number of anilines is 1. The lowest BCUT2D eigenvalue weighted by atomic mass is 10.1. The molecule has 0 aliphatic carbocycles. The van der Waals surface area contributed by atoms with Gasteiger partial charge in [0.05, 0.1) is 6.61 Å². The van der Waals surface area contributed by atoms with Gasteiger partial charge in [-0.25, -0.2) is 0 Å². The van der Waals surface area contributed by atoms with Crippen LogP contribution in [-0.2, 0) is 11.3 Å². The van der Waals surface area contributed by atoms with Gasteiger partial charge in [-0.3, -0.25) is 0 Å². The molecule has 0 aliphatic heterocycles. The van der Waals surface area contributed by atoms with E-state index in [-0.39, 0.29) is 0 Å². The largest absolute Gasteiger partial charge is 0.383 e. The summed E-state index contributed by atoms with van der Waals surface area (Å²) >= 11 is 3.55. The molecule has 0 spiro atoms. The zero-order valence-corrected chi connectivity index (χ0v) is 13.3. The number of benzene rings is 1. The summed E-state index contributed by atoms with van der Waals surface area (Å²) in [5.74, 6) is 0. The van der Waals surface area contributed by atoms with Crippen LogP contribution in [-0.4, -0.2) is 33.4 Å². The number of halogens is 1. The van der Waals surface area contributed by atoms with Gasteiger partial charge in [0.15, 0.2) is 0 Å². The van der Waals surface area contributed by atoms with E-state index < -0.39 is 0 Å². The van der Waals surface area contributed by atoms with Crippen LogP contribution < -0.4 is 10.2 Å². The lowest BCUT2D eigenvalue weighted by molar-refractivity contribution is 0.182. The van der Waals surface area contributed by atoms with E-state index in [0.717, 1.165) is 24.2 Å². The second kappa shape index (κ2) is 7.77. The van der Waals surface area contributed by atoms with Crippen LogP contribution in [0, 0.1) is 0 Å². The summed E-state index contributed by atoms with van der Waals surface area (Å²) in [6.45, 7) is 6.95. The maximum Gasteiger partial charge on any atom is 0.0663 e. The van der Waals surface area contributed by atoms with Crippen molar-refractivity contribution in [3.05, 3.63) is 28.2 Å². The molecule has 0 radical (unpaired) electrons. The summed E-state index contributed by atoms with van der Waals surface area (Å²) in [5, 5.41) is 3.22. The Balaban J connectivity index is 3.05. The first-order valence-corrected chi connectivity index (χ1v) is 7.11. The quantitative estimate of drug-likeness (QED) is 0.837. The molecule has 0 aromatic heterocycles. The average Bonchev–Trinajstić information content (AvgIpc) is 2.34. The molecule has 0 bridgehead atoms. The normalized spacial score (nSPS) is 12.5. The fourth-order valence-corrected chi connectivity index (χ4v) is 2.54. The van der Waals surface area contributed by atoms with Crippen molar-refractivity contribution in [3.8, 4) is 0 Å². The van der Waals surface area contributed by atoms with E-state index in [1.807, 2.05) is 7.05 Å². The summed E-state index contributed by atoms with van der Waals surface area (Å²) < 4.78 is 6.38. The molecule has 0 fully saturated rings. The minimum atomic E-state index is 0.366. The van der Waals surface area contributed by atoms with E-state index in [4.69, 9.17) is 4.74 Å². The van der Waals surface area contributed by atoms with Gasteiger partial charge in [0.1, 0.15) is 0 Å². The van der Waals surface area contributed by atoms with Crippen LogP contribution in [0.3, 0.4) is 0 Å². The van der Waals surface area contributed by atoms with E-state index in [1.54, 1.807) is 7.11 Å². The maximum atomic E-state index is 5.27. The summed E-state index contributed by atoms with van der Waals surface area (Å²) in [7, 11) is 3.72. The zero-order valence-electron chi connectivity index (χ0n) is 11.7. The number of rotatable bonds is 7. The standard InChI is InChI=1S/C14H23BrN2O/c1-5-17(11(2)10-18-4)14-8-13(15)7-6-12(14)9-16-3/h6-8,11,16H,5,9-10H2,1-4H3. The minimum Gasteiger partial charge on any atom is -0.383 e. The van der Waals surface area contributed by atoms with Crippen molar-refractivity contribution in [2.75, 3.05) is 32.2 Å². The van der Waals surface area contributed by atoms with Crippen LogP contribution >= 0.6 is 15.9 Å². The van der Waals surface area contributed by atoms with Crippen molar-refractivity contribution in [2.24, 2.45) is 0 Å². The van der Waals surface area contributed by atoms with Crippen LogP contribution in [0.2, 0.25) is 0 Å². The van der Waals surface area contributed by atoms with Gasteiger partial charge in [-0.05, 0) is 38.6 Å². The van der Waals surface area contributed by atoms with Gasteiger partial charge in [-0.1, -0.05) is 22.0 Å². The van der Waals surface area contributed by atoms with Crippen LogP contribution in [0.25, 0.3) is 0 Å². The number of likely N-dealkylation sites (N-methyl/N-ethyl adjacent to an activating group) is 1. The maximum absolute atomic E-state index is 5.27. The lowest BCUT2D eigenvalue weighted by Crippen LogP contribution is -2.37. The van der Waals surface area contributed by atoms with Gasteiger partial charge in [-0.15, -0.1) is 0 Å². The third kappa shape index (κ3) is 3.97. The van der Waals surface area contributed by atoms with E-state index in [1.165, 1.54) is 11.3 Å². The van der Waals surface area contributed by atoms with E-state index in [0.29, 0.717) is 6.04 Å². The molecule has 18 heavy (non-hydrogen) atoms. The first kappa shape index (κ1) is 15.5. The highest BCUT2D eigenvalue weighted by Gasteiger charge is 2.16. The van der Waals surface area contributed by atoms with Crippen LogP contribution in [0.15, 0.2) is 22.7 Å². The number of hydrogen-bond acceptors (Lipinski definition) is 3. The molecule has 1 N–H and O–H groups in total. The van der Waals surface area contributed by atoms with Crippen molar-refractivity contribution in [2.45, 2.75) is 26.4 Å². The number of methoxy groups -OCH3 is 1. The monoisotopic (exact) mass is 314 g/mol. The molecule has 0 saturated heterocycles. The Hall–Kier alpha value is -0.580. The van der Waals surface area contributed by atoms with E-state index in [2.05, 4.69) is 58.2 Å².